The van der Waals surface area contributed by atoms with E-state index in [2.05, 4.69) is 25.3 Å². The van der Waals surface area contributed by atoms with E-state index in [0.29, 0.717) is 17.6 Å². The lowest BCUT2D eigenvalue weighted by Gasteiger charge is -2.13. The number of aromatic nitrogens is 4. The molecule has 0 spiro atoms. The molecule has 3 rings (SSSR count). The quantitative estimate of drug-likeness (QED) is 0.653. The predicted molar refractivity (Wildman–Crippen MR) is 90.6 cm³/mol. The van der Waals surface area contributed by atoms with Gasteiger partial charge in [-0.2, -0.15) is 0 Å². The maximum Gasteiger partial charge on any atom is 0.306 e. The van der Waals surface area contributed by atoms with Crippen LogP contribution in [0.5, 0.6) is 0 Å². The number of carbonyl (C=O) groups is 2. The highest BCUT2D eigenvalue weighted by atomic mass is 19.1. The molecule has 26 heavy (non-hydrogen) atoms. The molecule has 0 radical (unpaired) electrons. The van der Waals surface area contributed by atoms with Crippen molar-refractivity contribution in [2.75, 3.05) is 5.32 Å². The number of hydrogen-bond acceptors (Lipinski definition) is 6. The van der Waals surface area contributed by atoms with Gasteiger partial charge < -0.3 is 15.0 Å². The van der Waals surface area contributed by atoms with Crippen LogP contribution >= 0.6 is 0 Å². The highest BCUT2D eigenvalue weighted by molar-refractivity contribution is 5.99. The molecule has 0 saturated carbocycles. The van der Waals surface area contributed by atoms with Gasteiger partial charge >= 0.3 is 5.97 Å². The van der Waals surface area contributed by atoms with E-state index in [0.717, 1.165) is 5.56 Å². The minimum absolute atomic E-state index is 0.0849. The van der Waals surface area contributed by atoms with E-state index in [9.17, 15) is 14.0 Å². The number of aryl methyl sites for hydroxylation is 1. The third-order valence-corrected chi connectivity index (χ3v) is 3.67. The van der Waals surface area contributed by atoms with E-state index in [1.807, 2.05) is 0 Å². The van der Waals surface area contributed by atoms with E-state index in [1.54, 1.807) is 12.1 Å². The molecule has 0 aliphatic rings. The van der Waals surface area contributed by atoms with Crippen LogP contribution in [-0.4, -0.2) is 37.9 Å². The van der Waals surface area contributed by atoms with E-state index in [1.165, 1.54) is 31.7 Å². The van der Waals surface area contributed by atoms with Gasteiger partial charge in [-0.25, -0.2) is 19.3 Å². The lowest BCUT2D eigenvalue weighted by molar-refractivity contribution is -0.153. The zero-order valence-corrected chi connectivity index (χ0v) is 13.9. The Morgan fingerprint density at radius 3 is 2.77 bits per heavy atom. The van der Waals surface area contributed by atoms with Gasteiger partial charge in [-0.15, -0.1) is 0 Å². The topological polar surface area (TPSA) is 110 Å². The average molecular weight is 357 g/mol. The molecular weight excluding hydrogens is 341 g/mol. The summed E-state index contributed by atoms with van der Waals surface area (Å²) in [4.78, 5) is 38.8. The molecule has 9 heteroatoms. The maximum absolute atomic E-state index is 12.9. The maximum atomic E-state index is 12.9. The van der Waals surface area contributed by atoms with Crippen molar-refractivity contribution in [3.8, 4) is 0 Å². The third kappa shape index (κ3) is 4.18. The second-order valence-electron chi connectivity index (χ2n) is 5.57. The Balaban J connectivity index is 1.52. The number of benzene rings is 1. The number of nitrogens with zero attached hydrogens (tertiary/aromatic N) is 3. The number of ether oxygens (including phenoxy) is 1. The van der Waals surface area contributed by atoms with E-state index >= 15 is 0 Å². The van der Waals surface area contributed by atoms with Crippen LogP contribution in [0.1, 0.15) is 18.9 Å². The van der Waals surface area contributed by atoms with Crippen LogP contribution in [0.2, 0.25) is 0 Å². The van der Waals surface area contributed by atoms with Crippen LogP contribution in [0.25, 0.3) is 11.2 Å². The number of fused-ring (bicyclic) bond motifs is 1. The molecule has 2 N–H and O–H groups in total. The fraction of sp³-hybridized carbons (Fsp3) is 0.235. The van der Waals surface area contributed by atoms with Gasteiger partial charge in [-0.05, 0) is 31.0 Å². The van der Waals surface area contributed by atoms with Crippen LogP contribution in [-0.2, 0) is 20.7 Å². The van der Waals surface area contributed by atoms with Gasteiger partial charge in [0.15, 0.2) is 17.6 Å². The molecule has 1 amide bonds. The molecule has 1 atom stereocenters. The Kier molecular flexibility index (Phi) is 5.16. The van der Waals surface area contributed by atoms with E-state index < -0.39 is 18.0 Å². The standard InChI is InChI=1S/C17H16FN5O3/c1-10(26-13(24)7-4-11-2-5-12(18)6-3-11)17(25)23-16-14-15(20-8-19-14)21-9-22-16/h2-3,5-6,8-10H,4,7H2,1H3,(H2,19,20,21,22,23,25). The van der Waals surface area contributed by atoms with Crippen molar-refractivity contribution in [1.82, 2.24) is 19.9 Å². The number of nitrogens with one attached hydrogen (secondary N) is 2. The average Bonchev–Trinajstić information content (AvgIpc) is 3.11. The Morgan fingerprint density at radius 2 is 2.00 bits per heavy atom. The first-order valence-corrected chi connectivity index (χ1v) is 7.92. The molecule has 2 heterocycles. The number of hydrogen-bond donors (Lipinski definition) is 2. The van der Waals surface area contributed by atoms with Crippen molar-refractivity contribution in [1.29, 1.82) is 0 Å². The van der Waals surface area contributed by atoms with Crippen LogP contribution in [0.15, 0.2) is 36.9 Å². The van der Waals surface area contributed by atoms with E-state index in [4.69, 9.17) is 4.74 Å². The van der Waals surface area contributed by atoms with E-state index in [-0.39, 0.29) is 18.1 Å². The zero-order chi connectivity index (χ0) is 18.5. The summed E-state index contributed by atoms with van der Waals surface area (Å²) in [6.45, 7) is 1.47. The molecule has 0 aliphatic heterocycles. The van der Waals surface area contributed by atoms with Crippen molar-refractivity contribution in [2.45, 2.75) is 25.9 Å². The Labute approximate surface area is 147 Å². The molecule has 0 aliphatic carbocycles. The first-order chi connectivity index (χ1) is 12.5. The van der Waals surface area contributed by atoms with Gasteiger partial charge in [0, 0.05) is 6.42 Å². The number of rotatable bonds is 6. The van der Waals surface area contributed by atoms with Crippen LogP contribution in [0.3, 0.4) is 0 Å². The summed E-state index contributed by atoms with van der Waals surface area (Å²) >= 11 is 0. The number of aromatic amines is 1. The van der Waals surface area contributed by atoms with Crippen LogP contribution in [0, 0.1) is 5.82 Å². The molecule has 3 aromatic rings. The highest BCUT2D eigenvalue weighted by Gasteiger charge is 2.19. The molecule has 0 bridgehead atoms. The lowest BCUT2D eigenvalue weighted by atomic mass is 10.1. The summed E-state index contributed by atoms with van der Waals surface area (Å²) in [5.41, 5.74) is 1.71. The largest absolute Gasteiger partial charge is 0.453 e. The smallest absolute Gasteiger partial charge is 0.306 e. The van der Waals surface area contributed by atoms with Crippen molar-refractivity contribution in [3.63, 3.8) is 0 Å². The summed E-state index contributed by atoms with van der Waals surface area (Å²) in [6.07, 6.45) is 2.20. The van der Waals surface area contributed by atoms with Crippen molar-refractivity contribution >= 4 is 28.9 Å². The lowest BCUT2D eigenvalue weighted by Crippen LogP contribution is -2.30. The molecule has 134 valence electrons. The summed E-state index contributed by atoms with van der Waals surface area (Å²) in [7, 11) is 0. The molecular formula is C17H16FN5O3. The van der Waals surface area contributed by atoms with Gasteiger partial charge in [0.1, 0.15) is 17.7 Å². The fourth-order valence-corrected chi connectivity index (χ4v) is 2.29. The molecule has 2 aromatic heterocycles. The summed E-state index contributed by atoms with van der Waals surface area (Å²) < 4.78 is 18.0. The first kappa shape index (κ1) is 17.5. The summed E-state index contributed by atoms with van der Waals surface area (Å²) in [5, 5.41) is 2.58. The zero-order valence-electron chi connectivity index (χ0n) is 13.9. The normalized spacial score (nSPS) is 11.9. The molecule has 8 nitrogen and oxygen atoms in total. The van der Waals surface area contributed by atoms with Gasteiger partial charge in [0.25, 0.3) is 5.91 Å². The predicted octanol–water partition coefficient (Wildman–Crippen LogP) is 1.99. The Hall–Kier alpha value is -3.36. The van der Waals surface area contributed by atoms with Gasteiger partial charge in [0.05, 0.1) is 6.33 Å². The molecule has 0 fully saturated rings. The van der Waals surface area contributed by atoms with Crippen molar-refractivity contribution in [2.24, 2.45) is 0 Å². The highest BCUT2D eigenvalue weighted by Crippen LogP contribution is 2.15. The molecule has 1 aromatic carbocycles. The van der Waals surface area contributed by atoms with Gasteiger partial charge in [-0.1, -0.05) is 12.1 Å². The fourth-order valence-electron chi connectivity index (χ4n) is 2.29. The number of halogens is 1. The number of anilines is 1. The first-order valence-electron chi connectivity index (χ1n) is 7.92. The Bertz CT molecular complexity index is 926. The van der Waals surface area contributed by atoms with Crippen LogP contribution in [0.4, 0.5) is 10.2 Å². The number of carbonyl (C=O) groups excluding carboxylic acids is 2. The number of amides is 1. The molecule has 0 saturated heterocycles. The second-order valence-corrected chi connectivity index (χ2v) is 5.57. The minimum atomic E-state index is -0.997. The van der Waals surface area contributed by atoms with Gasteiger partial charge in [0.2, 0.25) is 0 Å². The monoisotopic (exact) mass is 357 g/mol. The second kappa shape index (κ2) is 7.68. The third-order valence-electron chi connectivity index (χ3n) is 3.67. The number of H-pyrrole nitrogens is 1. The van der Waals surface area contributed by atoms with Gasteiger partial charge in [-0.3, -0.25) is 9.59 Å². The minimum Gasteiger partial charge on any atom is -0.453 e. The summed E-state index contributed by atoms with van der Waals surface area (Å²) in [6, 6.07) is 5.86. The Morgan fingerprint density at radius 1 is 1.23 bits per heavy atom. The van der Waals surface area contributed by atoms with Crippen molar-refractivity contribution < 1.29 is 18.7 Å². The summed E-state index contributed by atoms with van der Waals surface area (Å²) in [5.74, 6) is -1.12. The number of imidazole rings is 1. The number of esters is 1. The van der Waals surface area contributed by atoms with Crippen LogP contribution < -0.4 is 5.32 Å². The molecule has 1 unspecified atom stereocenters. The SMILES string of the molecule is CC(OC(=O)CCc1ccc(F)cc1)C(=O)Nc1ncnc2nc[nH]c12. The van der Waals surface area contributed by atoms with Crippen molar-refractivity contribution in [3.05, 3.63) is 48.3 Å².